The third-order valence-corrected chi connectivity index (χ3v) is 4.24. The number of carbonyl (C=O) groups is 2. The second-order valence-electron chi connectivity index (χ2n) is 7.51. The fraction of sp³-hybridized carbons (Fsp3) is 0.579. The first kappa shape index (κ1) is 19.9. The molecule has 0 radical (unpaired) electrons. The van der Waals surface area contributed by atoms with Crippen molar-refractivity contribution < 1.29 is 28.9 Å². The molecule has 1 aliphatic heterocycles. The lowest BCUT2D eigenvalue weighted by Gasteiger charge is -2.26. The molecular formula is C19H27NO6. The predicted molar refractivity (Wildman–Crippen MR) is 95.7 cm³/mol. The molecule has 1 amide bonds. The minimum absolute atomic E-state index is 0.0143. The number of methoxy groups -OCH3 is 2. The number of hydrogen-bond donors (Lipinski definition) is 1. The molecule has 2 rings (SSSR count). The van der Waals surface area contributed by atoms with Crippen LogP contribution in [0.25, 0.3) is 0 Å². The zero-order valence-corrected chi connectivity index (χ0v) is 15.9. The SMILES string of the molecule is COc1cc(C[C@H]2C[C@H](C(=O)O)N(C(=O)OC(C)(C)C)C2)cc(OC)c1. The quantitative estimate of drug-likeness (QED) is 0.863. The average Bonchev–Trinajstić information content (AvgIpc) is 2.97. The van der Waals surface area contributed by atoms with Crippen molar-refractivity contribution in [3.63, 3.8) is 0 Å². The van der Waals surface area contributed by atoms with Crippen molar-refractivity contribution in [3.8, 4) is 11.5 Å². The van der Waals surface area contributed by atoms with E-state index in [-0.39, 0.29) is 5.92 Å². The molecule has 0 unspecified atom stereocenters. The lowest BCUT2D eigenvalue weighted by Crippen LogP contribution is -2.43. The standard InChI is InChI=1S/C19H27NO6/c1-19(2,3)26-18(23)20-11-13(9-16(20)17(21)22)6-12-7-14(24-4)10-15(8-12)25-5/h7-8,10,13,16H,6,9,11H2,1-5H3,(H,21,22)/t13-,16+/m0/s1. The van der Waals surface area contributed by atoms with Gasteiger partial charge in [-0.3, -0.25) is 4.90 Å². The minimum atomic E-state index is -1.01. The van der Waals surface area contributed by atoms with Crippen molar-refractivity contribution in [3.05, 3.63) is 23.8 Å². The summed E-state index contributed by atoms with van der Waals surface area (Å²) in [6.07, 6.45) is 0.417. The van der Waals surface area contributed by atoms with Gasteiger partial charge in [0.2, 0.25) is 0 Å². The van der Waals surface area contributed by atoms with Crippen molar-refractivity contribution in [2.24, 2.45) is 5.92 Å². The van der Waals surface area contributed by atoms with Gasteiger partial charge >= 0.3 is 12.1 Å². The van der Waals surface area contributed by atoms with Crippen molar-refractivity contribution in [2.75, 3.05) is 20.8 Å². The third kappa shape index (κ3) is 5.03. The molecule has 0 aromatic heterocycles. The van der Waals surface area contributed by atoms with Gasteiger partial charge in [-0.2, -0.15) is 0 Å². The molecule has 0 spiro atoms. The average molecular weight is 365 g/mol. The first-order valence-corrected chi connectivity index (χ1v) is 8.57. The highest BCUT2D eigenvalue weighted by Crippen LogP contribution is 2.31. The number of nitrogens with zero attached hydrogens (tertiary/aromatic N) is 1. The van der Waals surface area contributed by atoms with E-state index in [9.17, 15) is 14.7 Å². The normalized spacial score (nSPS) is 20.0. The maximum absolute atomic E-state index is 12.4. The number of rotatable bonds is 5. The fourth-order valence-electron chi connectivity index (χ4n) is 3.14. The van der Waals surface area contributed by atoms with Gasteiger partial charge in [-0.15, -0.1) is 0 Å². The Morgan fingerprint density at radius 2 is 1.73 bits per heavy atom. The van der Waals surface area contributed by atoms with Crippen LogP contribution in [0.4, 0.5) is 4.79 Å². The van der Waals surface area contributed by atoms with Gasteiger partial charge in [-0.05, 0) is 57.2 Å². The monoisotopic (exact) mass is 365 g/mol. The maximum atomic E-state index is 12.4. The summed E-state index contributed by atoms with van der Waals surface area (Å²) in [5.74, 6) is 0.356. The van der Waals surface area contributed by atoms with Crippen LogP contribution in [0.1, 0.15) is 32.8 Å². The Balaban J connectivity index is 2.14. The number of carbonyl (C=O) groups excluding carboxylic acids is 1. The summed E-state index contributed by atoms with van der Waals surface area (Å²) in [6.45, 7) is 5.62. The maximum Gasteiger partial charge on any atom is 0.411 e. The van der Waals surface area contributed by atoms with E-state index < -0.39 is 23.7 Å². The topological polar surface area (TPSA) is 85.3 Å². The lowest BCUT2D eigenvalue weighted by molar-refractivity contribution is -0.142. The molecule has 0 aliphatic carbocycles. The van der Waals surface area contributed by atoms with Gasteiger partial charge in [0, 0.05) is 12.6 Å². The number of ether oxygens (including phenoxy) is 3. The highest BCUT2D eigenvalue weighted by atomic mass is 16.6. The van der Waals surface area contributed by atoms with E-state index in [2.05, 4.69) is 0 Å². The molecular weight excluding hydrogens is 338 g/mol. The molecule has 144 valence electrons. The predicted octanol–water partition coefficient (Wildman–Crippen LogP) is 2.96. The summed E-state index contributed by atoms with van der Waals surface area (Å²) < 4.78 is 15.9. The second-order valence-corrected chi connectivity index (χ2v) is 7.51. The molecule has 1 N–H and O–H groups in total. The van der Waals surface area contributed by atoms with Crippen LogP contribution in [0.15, 0.2) is 18.2 Å². The Kier molecular flexibility index (Phi) is 6.00. The molecule has 7 nitrogen and oxygen atoms in total. The number of likely N-dealkylation sites (tertiary alicyclic amines) is 1. The van der Waals surface area contributed by atoms with Crippen LogP contribution in [0.3, 0.4) is 0 Å². The zero-order chi connectivity index (χ0) is 19.5. The molecule has 26 heavy (non-hydrogen) atoms. The van der Waals surface area contributed by atoms with Crippen molar-refractivity contribution in [2.45, 2.75) is 45.3 Å². The molecule has 1 fully saturated rings. The summed E-state index contributed by atoms with van der Waals surface area (Å²) in [5, 5.41) is 9.49. The number of benzene rings is 1. The lowest BCUT2D eigenvalue weighted by atomic mass is 9.96. The van der Waals surface area contributed by atoms with Crippen LogP contribution < -0.4 is 9.47 Å². The summed E-state index contributed by atoms with van der Waals surface area (Å²) in [4.78, 5) is 25.3. The highest BCUT2D eigenvalue weighted by molar-refractivity contribution is 5.81. The highest BCUT2D eigenvalue weighted by Gasteiger charge is 2.41. The molecule has 1 heterocycles. The number of carboxylic acids is 1. The second kappa shape index (κ2) is 7.85. The number of carboxylic acid groups (broad SMARTS) is 1. The Bertz CT molecular complexity index is 644. The Hall–Kier alpha value is -2.44. The molecule has 1 aliphatic rings. The van der Waals surface area contributed by atoms with Gasteiger partial charge in [0.05, 0.1) is 14.2 Å². The van der Waals surface area contributed by atoms with Crippen LogP contribution in [-0.4, -0.2) is 54.5 Å². The van der Waals surface area contributed by atoms with E-state index in [4.69, 9.17) is 14.2 Å². The first-order chi connectivity index (χ1) is 12.1. The zero-order valence-electron chi connectivity index (χ0n) is 15.9. The van der Waals surface area contributed by atoms with E-state index in [1.807, 2.05) is 12.1 Å². The Morgan fingerprint density at radius 3 is 2.19 bits per heavy atom. The third-order valence-electron chi connectivity index (χ3n) is 4.24. The summed E-state index contributed by atoms with van der Waals surface area (Å²) in [7, 11) is 3.16. The summed E-state index contributed by atoms with van der Waals surface area (Å²) in [5.41, 5.74) is 0.305. The Morgan fingerprint density at radius 1 is 1.15 bits per heavy atom. The van der Waals surface area contributed by atoms with Crippen LogP contribution in [-0.2, 0) is 16.0 Å². The molecule has 1 saturated heterocycles. The van der Waals surface area contributed by atoms with Crippen LogP contribution in [0, 0.1) is 5.92 Å². The van der Waals surface area contributed by atoms with Gasteiger partial charge < -0.3 is 19.3 Å². The van der Waals surface area contributed by atoms with Crippen molar-refractivity contribution >= 4 is 12.1 Å². The van der Waals surface area contributed by atoms with Crippen LogP contribution in [0.2, 0.25) is 0 Å². The molecule has 2 atom stereocenters. The number of hydrogen-bond acceptors (Lipinski definition) is 5. The van der Waals surface area contributed by atoms with Gasteiger partial charge in [0.25, 0.3) is 0 Å². The van der Waals surface area contributed by atoms with Crippen LogP contribution >= 0.6 is 0 Å². The Labute approximate surface area is 153 Å². The number of aliphatic carboxylic acids is 1. The van der Waals surface area contributed by atoms with E-state index in [0.717, 1.165) is 5.56 Å². The van der Waals surface area contributed by atoms with Crippen molar-refractivity contribution in [1.82, 2.24) is 4.90 Å². The number of amides is 1. The largest absolute Gasteiger partial charge is 0.497 e. The molecule has 7 heteroatoms. The smallest absolute Gasteiger partial charge is 0.411 e. The molecule has 0 saturated carbocycles. The van der Waals surface area contributed by atoms with Gasteiger partial charge in [-0.1, -0.05) is 0 Å². The van der Waals surface area contributed by atoms with Gasteiger partial charge in [0.1, 0.15) is 23.1 Å². The molecule has 1 aromatic carbocycles. The van der Waals surface area contributed by atoms with E-state index >= 15 is 0 Å². The molecule has 0 bridgehead atoms. The van der Waals surface area contributed by atoms with E-state index in [1.165, 1.54) is 4.90 Å². The fourth-order valence-corrected chi connectivity index (χ4v) is 3.14. The van der Waals surface area contributed by atoms with E-state index in [0.29, 0.717) is 30.9 Å². The van der Waals surface area contributed by atoms with Crippen LogP contribution in [0.5, 0.6) is 11.5 Å². The molecule has 1 aromatic rings. The minimum Gasteiger partial charge on any atom is -0.497 e. The summed E-state index contributed by atoms with van der Waals surface area (Å²) in [6, 6.07) is 4.70. The summed E-state index contributed by atoms with van der Waals surface area (Å²) >= 11 is 0. The van der Waals surface area contributed by atoms with Crippen molar-refractivity contribution in [1.29, 1.82) is 0 Å². The first-order valence-electron chi connectivity index (χ1n) is 8.57. The van der Waals surface area contributed by atoms with Gasteiger partial charge in [0.15, 0.2) is 0 Å². The van der Waals surface area contributed by atoms with E-state index in [1.54, 1.807) is 41.1 Å². The van der Waals surface area contributed by atoms with Gasteiger partial charge in [-0.25, -0.2) is 9.59 Å².